The summed E-state index contributed by atoms with van der Waals surface area (Å²) >= 11 is 0. The van der Waals surface area contributed by atoms with E-state index in [1.54, 1.807) is 13.1 Å². The largest absolute Gasteiger partial charge is 0.437 e. The molecule has 0 aliphatic rings. The summed E-state index contributed by atoms with van der Waals surface area (Å²) in [5.74, 6) is 1.09. The van der Waals surface area contributed by atoms with Crippen LogP contribution in [0, 0.1) is 17.0 Å². The van der Waals surface area contributed by atoms with Crippen LogP contribution in [0.3, 0.4) is 0 Å². The summed E-state index contributed by atoms with van der Waals surface area (Å²) in [6.07, 6.45) is 0.699. The summed E-state index contributed by atoms with van der Waals surface area (Å²) in [6.45, 7) is 3.86. The molecule has 0 unspecified atom stereocenters. The van der Waals surface area contributed by atoms with Crippen LogP contribution >= 0.6 is 0 Å². The molecule has 2 rings (SSSR count). The topological polar surface area (TPSA) is 90.2 Å². The van der Waals surface area contributed by atoms with E-state index in [1.165, 1.54) is 12.1 Å². The number of ether oxygens (including phenoxy) is 1. The molecule has 110 valence electrons. The smallest absolute Gasteiger partial charge is 0.278 e. The Labute approximate surface area is 122 Å². The van der Waals surface area contributed by atoms with Crippen LogP contribution in [0.4, 0.5) is 11.5 Å². The van der Waals surface area contributed by atoms with Gasteiger partial charge in [0, 0.05) is 12.7 Å². The van der Waals surface area contributed by atoms with Crippen LogP contribution in [0.1, 0.15) is 18.3 Å². The van der Waals surface area contributed by atoms with E-state index in [1.807, 2.05) is 19.9 Å². The molecule has 0 amide bonds. The first-order valence-corrected chi connectivity index (χ1v) is 6.52. The molecular formula is C14H16N4O3. The van der Waals surface area contributed by atoms with Crippen molar-refractivity contribution in [2.75, 3.05) is 12.4 Å². The van der Waals surface area contributed by atoms with Crippen molar-refractivity contribution < 1.29 is 9.66 Å². The second kappa shape index (κ2) is 6.17. The molecule has 0 saturated heterocycles. The second-order valence-electron chi connectivity index (χ2n) is 4.41. The van der Waals surface area contributed by atoms with Crippen LogP contribution in [0.2, 0.25) is 0 Å². The first-order valence-electron chi connectivity index (χ1n) is 6.52. The van der Waals surface area contributed by atoms with Crippen LogP contribution < -0.4 is 10.1 Å². The average molecular weight is 288 g/mol. The van der Waals surface area contributed by atoms with Gasteiger partial charge >= 0.3 is 0 Å². The van der Waals surface area contributed by atoms with E-state index in [4.69, 9.17) is 4.74 Å². The Kier molecular flexibility index (Phi) is 4.32. The second-order valence-corrected chi connectivity index (χ2v) is 4.41. The zero-order chi connectivity index (χ0) is 15.4. The zero-order valence-electron chi connectivity index (χ0n) is 12.1. The highest BCUT2D eigenvalue weighted by atomic mass is 16.6. The van der Waals surface area contributed by atoms with Crippen LogP contribution in [0.25, 0.3) is 0 Å². The predicted molar refractivity (Wildman–Crippen MR) is 78.9 cm³/mol. The van der Waals surface area contributed by atoms with E-state index in [0.29, 0.717) is 18.0 Å². The first-order chi connectivity index (χ1) is 10.0. The molecule has 1 N–H and O–H groups in total. The highest BCUT2D eigenvalue weighted by Crippen LogP contribution is 2.28. The Hall–Kier alpha value is -2.70. The van der Waals surface area contributed by atoms with E-state index in [9.17, 15) is 10.1 Å². The molecule has 0 radical (unpaired) electrons. The Morgan fingerprint density at radius 1 is 1.33 bits per heavy atom. The third-order valence-electron chi connectivity index (χ3n) is 2.87. The molecule has 0 bridgehead atoms. The van der Waals surface area contributed by atoms with E-state index >= 15 is 0 Å². The zero-order valence-corrected chi connectivity index (χ0v) is 12.1. The highest BCUT2D eigenvalue weighted by Gasteiger charge is 2.13. The van der Waals surface area contributed by atoms with Gasteiger partial charge in [-0.05, 0) is 25.5 Å². The lowest BCUT2D eigenvalue weighted by Crippen LogP contribution is -2.00. The molecule has 2 heterocycles. The number of hydrogen-bond donors (Lipinski definition) is 1. The minimum atomic E-state index is -0.483. The van der Waals surface area contributed by atoms with Gasteiger partial charge in [0.1, 0.15) is 5.82 Å². The molecule has 0 aliphatic heterocycles. The van der Waals surface area contributed by atoms with Gasteiger partial charge in [0.05, 0.1) is 22.7 Å². The van der Waals surface area contributed by atoms with Crippen molar-refractivity contribution in [3.05, 3.63) is 45.8 Å². The molecule has 0 aromatic carbocycles. The van der Waals surface area contributed by atoms with Gasteiger partial charge in [0.25, 0.3) is 5.69 Å². The van der Waals surface area contributed by atoms with Crippen LogP contribution in [-0.2, 0) is 6.42 Å². The number of nitro groups is 1. The molecule has 7 heteroatoms. The fraction of sp³-hybridized carbons (Fsp3) is 0.286. The maximum absolute atomic E-state index is 10.9. The van der Waals surface area contributed by atoms with Crippen LogP contribution in [0.15, 0.2) is 24.3 Å². The number of pyridine rings is 2. The van der Waals surface area contributed by atoms with Crippen molar-refractivity contribution in [3.63, 3.8) is 0 Å². The lowest BCUT2D eigenvalue weighted by molar-refractivity contribution is -0.384. The van der Waals surface area contributed by atoms with Crippen molar-refractivity contribution in [1.29, 1.82) is 0 Å². The normalized spacial score (nSPS) is 10.2. The van der Waals surface area contributed by atoms with Gasteiger partial charge in [-0.25, -0.2) is 0 Å². The standard InChI is InChI=1S/C14H16N4O3/c1-4-11-12(6-5-9(2)16-11)21-14-8-10(18(19)20)7-13(15-3)17-14/h5-8H,4H2,1-3H3,(H,15,17). The fourth-order valence-electron chi connectivity index (χ4n) is 1.83. The number of aryl methyl sites for hydroxylation is 2. The van der Waals surface area contributed by atoms with E-state index < -0.39 is 4.92 Å². The number of rotatable bonds is 5. The van der Waals surface area contributed by atoms with Crippen molar-refractivity contribution in [1.82, 2.24) is 9.97 Å². The van der Waals surface area contributed by atoms with E-state index in [0.717, 1.165) is 11.4 Å². The summed E-state index contributed by atoms with van der Waals surface area (Å²) in [5.41, 5.74) is 1.60. The lowest BCUT2D eigenvalue weighted by Gasteiger charge is -2.10. The average Bonchev–Trinajstić information content (AvgIpc) is 2.48. The Bertz CT molecular complexity index is 673. The molecule has 21 heavy (non-hydrogen) atoms. The molecule has 2 aromatic heterocycles. The molecule has 0 saturated carbocycles. The van der Waals surface area contributed by atoms with Gasteiger partial charge in [-0.15, -0.1) is 0 Å². The summed E-state index contributed by atoms with van der Waals surface area (Å²) in [4.78, 5) is 19.0. The summed E-state index contributed by atoms with van der Waals surface area (Å²) in [6, 6.07) is 6.26. The highest BCUT2D eigenvalue weighted by molar-refractivity contribution is 5.49. The fourth-order valence-corrected chi connectivity index (χ4v) is 1.83. The summed E-state index contributed by atoms with van der Waals surface area (Å²) < 4.78 is 5.67. The molecular weight excluding hydrogens is 272 g/mol. The Balaban J connectivity index is 2.39. The number of hydrogen-bond acceptors (Lipinski definition) is 6. The number of anilines is 1. The first kappa shape index (κ1) is 14.7. The van der Waals surface area contributed by atoms with Gasteiger partial charge in [0.2, 0.25) is 5.88 Å². The van der Waals surface area contributed by atoms with Gasteiger partial charge in [0.15, 0.2) is 5.75 Å². The van der Waals surface area contributed by atoms with Gasteiger partial charge in [-0.2, -0.15) is 4.98 Å². The summed E-state index contributed by atoms with van der Waals surface area (Å²) in [7, 11) is 1.64. The quantitative estimate of drug-likeness (QED) is 0.671. The monoisotopic (exact) mass is 288 g/mol. The van der Waals surface area contributed by atoms with Crippen LogP contribution in [0.5, 0.6) is 11.6 Å². The van der Waals surface area contributed by atoms with Crippen LogP contribution in [-0.4, -0.2) is 21.9 Å². The van der Waals surface area contributed by atoms with E-state index in [2.05, 4.69) is 15.3 Å². The Morgan fingerprint density at radius 2 is 2.10 bits per heavy atom. The third-order valence-corrected chi connectivity index (χ3v) is 2.87. The van der Waals surface area contributed by atoms with Gasteiger partial charge < -0.3 is 10.1 Å². The van der Waals surface area contributed by atoms with E-state index in [-0.39, 0.29) is 11.6 Å². The third kappa shape index (κ3) is 3.44. The lowest BCUT2D eigenvalue weighted by atomic mass is 10.2. The van der Waals surface area contributed by atoms with Gasteiger partial charge in [-0.1, -0.05) is 6.92 Å². The SMILES string of the molecule is CCc1nc(C)ccc1Oc1cc([N+](=O)[O-])cc(NC)n1. The predicted octanol–water partition coefficient (Wildman–Crippen LogP) is 3.09. The number of nitrogens with one attached hydrogen (secondary N) is 1. The summed E-state index contributed by atoms with van der Waals surface area (Å²) in [5, 5.41) is 13.7. The molecule has 0 atom stereocenters. The molecule has 7 nitrogen and oxygen atoms in total. The van der Waals surface area contributed by atoms with Crippen molar-refractivity contribution in [2.24, 2.45) is 0 Å². The van der Waals surface area contributed by atoms with Gasteiger partial charge in [-0.3, -0.25) is 15.1 Å². The number of aromatic nitrogens is 2. The minimum Gasteiger partial charge on any atom is -0.437 e. The van der Waals surface area contributed by atoms with Crippen molar-refractivity contribution >= 4 is 11.5 Å². The minimum absolute atomic E-state index is 0.0810. The number of nitrogens with zero attached hydrogens (tertiary/aromatic N) is 3. The molecule has 0 aliphatic carbocycles. The molecule has 0 spiro atoms. The van der Waals surface area contributed by atoms with Crippen molar-refractivity contribution in [3.8, 4) is 11.6 Å². The maximum atomic E-state index is 10.9. The molecule has 0 fully saturated rings. The maximum Gasteiger partial charge on any atom is 0.278 e. The molecule has 2 aromatic rings. The van der Waals surface area contributed by atoms with Crippen molar-refractivity contribution in [2.45, 2.75) is 20.3 Å². The Morgan fingerprint density at radius 3 is 2.71 bits per heavy atom.